The van der Waals surface area contributed by atoms with Crippen LogP contribution in [0, 0.1) is 26.7 Å². The molecule has 1 aliphatic rings. The number of piperidine rings is 1. The molecule has 3 aromatic rings. The first kappa shape index (κ1) is 22.6. The molecule has 1 fully saturated rings. The number of rotatable bonds is 6. The van der Waals surface area contributed by atoms with Crippen molar-refractivity contribution in [3.8, 4) is 11.4 Å². The molecule has 0 N–H and O–H groups in total. The van der Waals surface area contributed by atoms with Crippen molar-refractivity contribution in [2.45, 2.75) is 45.1 Å². The number of thiophene rings is 1. The number of benzene rings is 1. The SMILES string of the molecule is Cc1cc(C)c(S(=O)(=O)N2CCC(C(=O)OCc3nc(-c4ccsc4)no3)CC2)c(C)c1. The summed E-state index contributed by atoms with van der Waals surface area (Å²) in [6, 6.07) is 5.64. The van der Waals surface area contributed by atoms with E-state index in [-0.39, 0.29) is 37.5 Å². The van der Waals surface area contributed by atoms with Gasteiger partial charge in [-0.2, -0.15) is 20.6 Å². The average molecular weight is 476 g/mol. The number of sulfonamides is 1. The molecule has 0 amide bonds. The lowest BCUT2D eigenvalue weighted by atomic mass is 9.98. The summed E-state index contributed by atoms with van der Waals surface area (Å²) in [6.45, 7) is 6.03. The molecular weight excluding hydrogens is 450 g/mol. The zero-order valence-corrected chi connectivity index (χ0v) is 19.8. The van der Waals surface area contributed by atoms with Crippen molar-refractivity contribution in [1.29, 1.82) is 0 Å². The highest BCUT2D eigenvalue weighted by atomic mass is 32.2. The second kappa shape index (κ2) is 9.13. The lowest BCUT2D eigenvalue weighted by Crippen LogP contribution is -2.41. The fourth-order valence-corrected chi connectivity index (χ4v) is 6.62. The van der Waals surface area contributed by atoms with Gasteiger partial charge in [-0.3, -0.25) is 4.79 Å². The molecule has 0 unspecified atom stereocenters. The zero-order valence-electron chi connectivity index (χ0n) is 18.2. The number of aryl methyl sites for hydroxylation is 3. The molecule has 10 heteroatoms. The molecular formula is C22H25N3O5S2. The fourth-order valence-electron chi connectivity index (χ4n) is 4.11. The first-order valence-electron chi connectivity index (χ1n) is 10.4. The normalized spacial score (nSPS) is 15.7. The van der Waals surface area contributed by atoms with Gasteiger partial charge in [-0.15, -0.1) is 0 Å². The minimum Gasteiger partial charge on any atom is -0.455 e. The van der Waals surface area contributed by atoms with Gasteiger partial charge in [0.2, 0.25) is 15.8 Å². The minimum atomic E-state index is -3.61. The van der Waals surface area contributed by atoms with Gasteiger partial charge in [0.1, 0.15) is 0 Å². The molecule has 0 bridgehead atoms. The van der Waals surface area contributed by atoms with Crippen molar-refractivity contribution in [2.75, 3.05) is 13.1 Å². The average Bonchev–Trinajstić information content (AvgIpc) is 3.43. The standard InChI is InChI=1S/C22H25N3O5S2/c1-14-10-15(2)20(16(3)11-14)32(27,28)25-7-4-17(5-8-25)22(26)29-12-19-23-21(24-30-19)18-6-9-31-13-18/h6,9-11,13,17H,4-5,7-8,12H2,1-3H3. The van der Waals surface area contributed by atoms with E-state index in [0.29, 0.717) is 23.6 Å². The van der Waals surface area contributed by atoms with Gasteiger partial charge in [-0.1, -0.05) is 22.9 Å². The number of nitrogens with zero attached hydrogens (tertiary/aromatic N) is 3. The van der Waals surface area contributed by atoms with Gasteiger partial charge in [-0.05, 0) is 56.2 Å². The predicted molar refractivity (Wildman–Crippen MR) is 120 cm³/mol. The molecule has 1 saturated heterocycles. The molecule has 0 spiro atoms. The molecule has 0 saturated carbocycles. The van der Waals surface area contributed by atoms with E-state index >= 15 is 0 Å². The molecule has 1 aliphatic heterocycles. The third-order valence-corrected chi connectivity index (χ3v) is 8.46. The van der Waals surface area contributed by atoms with E-state index in [0.717, 1.165) is 22.3 Å². The summed E-state index contributed by atoms with van der Waals surface area (Å²) in [4.78, 5) is 17.1. The zero-order chi connectivity index (χ0) is 22.9. The Morgan fingerprint density at radius 3 is 2.53 bits per heavy atom. The molecule has 0 aliphatic carbocycles. The van der Waals surface area contributed by atoms with Crippen LogP contribution < -0.4 is 0 Å². The Balaban J connectivity index is 1.34. The van der Waals surface area contributed by atoms with Gasteiger partial charge in [0.15, 0.2) is 6.61 Å². The quantitative estimate of drug-likeness (QED) is 0.499. The molecule has 4 rings (SSSR count). The van der Waals surface area contributed by atoms with Crippen LogP contribution in [0.5, 0.6) is 0 Å². The van der Waals surface area contributed by atoms with Gasteiger partial charge < -0.3 is 9.26 Å². The van der Waals surface area contributed by atoms with Crippen molar-refractivity contribution in [3.63, 3.8) is 0 Å². The summed E-state index contributed by atoms with van der Waals surface area (Å²) in [5.41, 5.74) is 3.36. The van der Waals surface area contributed by atoms with Gasteiger partial charge in [0, 0.05) is 24.0 Å². The number of esters is 1. The van der Waals surface area contributed by atoms with Gasteiger partial charge in [-0.25, -0.2) is 8.42 Å². The molecule has 2 aromatic heterocycles. The van der Waals surface area contributed by atoms with E-state index in [1.807, 2.05) is 49.7 Å². The van der Waals surface area contributed by atoms with E-state index < -0.39 is 10.0 Å². The number of aromatic nitrogens is 2. The van der Waals surface area contributed by atoms with Crippen LogP contribution in [0.1, 0.15) is 35.4 Å². The second-order valence-electron chi connectivity index (χ2n) is 8.04. The van der Waals surface area contributed by atoms with Gasteiger partial charge >= 0.3 is 5.97 Å². The number of hydrogen-bond acceptors (Lipinski definition) is 8. The summed E-state index contributed by atoms with van der Waals surface area (Å²) in [6.07, 6.45) is 0.817. The Morgan fingerprint density at radius 1 is 1.22 bits per heavy atom. The van der Waals surface area contributed by atoms with E-state index in [1.165, 1.54) is 15.6 Å². The summed E-state index contributed by atoms with van der Waals surface area (Å²) in [7, 11) is -3.61. The summed E-state index contributed by atoms with van der Waals surface area (Å²) in [5.74, 6) is -0.0525. The van der Waals surface area contributed by atoms with Crippen molar-refractivity contribution >= 4 is 27.3 Å². The third kappa shape index (κ3) is 4.62. The Bertz CT molecular complexity index is 1190. The monoisotopic (exact) mass is 475 g/mol. The molecule has 32 heavy (non-hydrogen) atoms. The fraction of sp³-hybridized carbons (Fsp3) is 0.409. The maximum absolute atomic E-state index is 13.2. The number of carbonyl (C=O) groups excluding carboxylic acids is 1. The largest absolute Gasteiger partial charge is 0.455 e. The topological polar surface area (TPSA) is 103 Å². The van der Waals surface area contributed by atoms with Crippen molar-refractivity contribution in [3.05, 3.63) is 51.5 Å². The third-order valence-electron chi connectivity index (χ3n) is 5.58. The van der Waals surface area contributed by atoms with Crippen LogP contribution in [0.4, 0.5) is 0 Å². The molecule has 3 heterocycles. The minimum absolute atomic E-state index is 0.101. The summed E-state index contributed by atoms with van der Waals surface area (Å²) >= 11 is 1.53. The lowest BCUT2D eigenvalue weighted by molar-refractivity contribution is -0.152. The lowest BCUT2D eigenvalue weighted by Gasteiger charge is -2.31. The maximum atomic E-state index is 13.2. The van der Waals surface area contributed by atoms with E-state index in [9.17, 15) is 13.2 Å². The number of carbonyl (C=O) groups is 1. The molecule has 8 nitrogen and oxygen atoms in total. The van der Waals surface area contributed by atoms with Crippen LogP contribution in [0.2, 0.25) is 0 Å². The van der Waals surface area contributed by atoms with E-state index in [2.05, 4.69) is 10.1 Å². The Hall–Kier alpha value is -2.56. The highest BCUT2D eigenvalue weighted by molar-refractivity contribution is 7.89. The highest BCUT2D eigenvalue weighted by Gasteiger charge is 2.34. The predicted octanol–water partition coefficient (Wildman–Crippen LogP) is 3.87. The van der Waals surface area contributed by atoms with Crippen molar-refractivity contribution in [2.24, 2.45) is 5.92 Å². The Labute approximate surface area is 191 Å². The van der Waals surface area contributed by atoms with Gasteiger partial charge in [0.05, 0.1) is 10.8 Å². The van der Waals surface area contributed by atoms with Crippen LogP contribution in [0.15, 0.2) is 38.4 Å². The van der Waals surface area contributed by atoms with Crippen LogP contribution in [0.3, 0.4) is 0 Å². The molecule has 0 atom stereocenters. The second-order valence-corrected chi connectivity index (χ2v) is 10.7. The Kier molecular flexibility index (Phi) is 6.45. The van der Waals surface area contributed by atoms with Crippen molar-refractivity contribution < 1.29 is 22.5 Å². The molecule has 0 radical (unpaired) electrons. The van der Waals surface area contributed by atoms with Crippen molar-refractivity contribution in [1.82, 2.24) is 14.4 Å². The maximum Gasteiger partial charge on any atom is 0.309 e. The van der Waals surface area contributed by atoms with Crippen LogP contribution in [-0.4, -0.2) is 41.9 Å². The first-order chi connectivity index (χ1) is 15.3. The summed E-state index contributed by atoms with van der Waals surface area (Å²) < 4.78 is 38.4. The van der Waals surface area contributed by atoms with Crippen LogP contribution >= 0.6 is 11.3 Å². The van der Waals surface area contributed by atoms with E-state index in [4.69, 9.17) is 9.26 Å². The van der Waals surface area contributed by atoms with Crippen LogP contribution in [0.25, 0.3) is 11.4 Å². The van der Waals surface area contributed by atoms with Gasteiger partial charge in [0.25, 0.3) is 5.89 Å². The Morgan fingerprint density at radius 2 is 1.91 bits per heavy atom. The first-order valence-corrected chi connectivity index (χ1v) is 12.7. The smallest absolute Gasteiger partial charge is 0.309 e. The molecule has 1 aromatic carbocycles. The van der Waals surface area contributed by atoms with E-state index in [1.54, 1.807) is 0 Å². The number of hydrogen-bond donors (Lipinski definition) is 0. The number of ether oxygens (including phenoxy) is 1. The van der Waals surface area contributed by atoms with Crippen LogP contribution in [-0.2, 0) is 26.2 Å². The highest BCUT2D eigenvalue weighted by Crippen LogP contribution is 2.29. The summed E-state index contributed by atoms with van der Waals surface area (Å²) in [5, 5.41) is 7.71. The molecule has 170 valence electrons.